The minimum atomic E-state index is 0.185. The van der Waals surface area contributed by atoms with E-state index in [4.69, 9.17) is 5.84 Å². The van der Waals surface area contributed by atoms with Crippen LogP contribution in [-0.4, -0.2) is 29.8 Å². The van der Waals surface area contributed by atoms with E-state index >= 15 is 0 Å². The number of thiol groups is 1. The molecule has 0 aromatic rings. The van der Waals surface area contributed by atoms with Crippen molar-refractivity contribution in [1.82, 2.24) is 5.01 Å². The van der Waals surface area contributed by atoms with Gasteiger partial charge in [-0.1, -0.05) is 13.3 Å². The van der Waals surface area contributed by atoms with Crippen molar-refractivity contribution in [3.8, 4) is 0 Å². The molecule has 1 atom stereocenters. The van der Waals surface area contributed by atoms with Crippen LogP contribution in [0.15, 0.2) is 11.3 Å². The van der Waals surface area contributed by atoms with Crippen molar-refractivity contribution >= 4 is 10.9 Å². The lowest BCUT2D eigenvalue weighted by Gasteiger charge is -2.34. The zero-order chi connectivity index (χ0) is 11.4. The third kappa shape index (κ3) is 3.42. The van der Waals surface area contributed by atoms with Crippen molar-refractivity contribution in [3.63, 3.8) is 0 Å². The van der Waals surface area contributed by atoms with Crippen LogP contribution in [0.5, 0.6) is 0 Å². The van der Waals surface area contributed by atoms with Gasteiger partial charge in [-0.25, -0.2) is 5.84 Å². The van der Waals surface area contributed by atoms with Crippen LogP contribution < -0.4 is 5.84 Å². The van der Waals surface area contributed by atoms with Crippen LogP contribution in [0.1, 0.15) is 39.0 Å². The van der Waals surface area contributed by atoms with Gasteiger partial charge in [0.15, 0.2) is 0 Å². The molecule has 1 rings (SSSR count). The Morgan fingerprint density at radius 1 is 1.47 bits per heavy atom. The first-order chi connectivity index (χ1) is 7.06. The second-order valence-corrected chi connectivity index (χ2v) is 7.43. The molecular weight excluding hydrogens is 204 g/mol. The molecule has 1 aliphatic carbocycles. The summed E-state index contributed by atoms with van der Waals surface area (Å²) in [5.41, 5.74) is 3.03. The van der Waals surface area contributed by atoms with Gasteiger partial charge in [0.05, 0.1) is 0 Å². The Bertz CT molecular complexity index is 234. The minimum absolute atomic E-state index is 0.185. The Morgan fingerprint density at radius 2 is 2.13 bits per heavy atom. The van der Waals surface area contributed by atoms with Crippen LogP contribution in [0.25, 0.3) is 0 Å². The highest BCUT2D eigenvalue weighted by Crippen LogP contribution is 2.39. The molecule has 0 aliphatic heterocycles. The smallest absolute Gasteiger partial charge is 0.0290 e. The molecule has 15 heavy (non-hydrogen) atoms. The molecule has 0 radical (unpaired) electrons. The van der Waals surface area contributed by atoms with Crippen LogP contribution in [-0.2, 0) is 0 Å². The molecule has 0 saturated heterocycles. The molecule has 90 valence electrons. The summed E-state index contributed by atoms with van der Waals surface area (Å²) in [7, 11) is 2.17. The summed E-state index contributed by atoms with van der Waals surface area (Å²) in [5.74, 6) is 5.93. The molecule has 0 saturated carbocycles. The quantitative estimate of drug-likeness (QED) is 0.442. The largest absolute Gasteiger partial charge is 0.318 e. The van der Waals surface area contributed by atoms with E-state index in [1.165, 1.54) is 37.8 Å². The van der Waals surface area contributed by atoms with Crippen LogP contribution in [0.3, 0.4) is 0 Å². The number of hydrogen-bond donors (Lipinski definition) is 2. The molecule has 0 aromatic heterocycles. The second-order valence-electron chi connectivity index (χ2n) is 4.77. The average Bonchev–Trinajstić information content (AvgIpc) is 2.18. The van der Waals surface area contributed by atoms with Gasteiger partial charge in [0, 0.05) is 12.7 Å². The molecule has 0 spiro atoms. The van der Waals surface area contributed by atoms with E-state index in [0.717, 1.165) is 5.25 Å². The summed E-state index contributed by atoms with van der Waals surface area (Å²) in [6, 6.07) is 0. The maximum atomic E-state index is 5.93. The summed E-state index contributed by atoms with van der Waals surface area (Å²) >= 11 is 0. The average molecular weight is 230 g/mol. The number of hydrogen-bond acceptors (Lipinski definition) is 2. The van der Waals surface area contributed by atoms with Gasteiger partial charge in [0.2, 0.25) is 0 Å². The lowest BCUT2D eigenvalue weighted by Crippen LogP contribution is -2.31. The van der Waals surface area contributed by atoms with Gasteiger partial charge in [-0.05, 0) is 49.0 Å². The third-order valence-electron chi connectivity index (χ3n) is 3.32. The summed E-state index contributed by atoms with van der Waals surface area (Å²) in [4.78, 5) is 0. The normalized spacial score (nSPS) is 23.0. The topological polar surface area (TPSA) is 29.3 Å². The van der Waals surface area contributed by atoms with Crippen molar-refractivity contribution in [2.45, 2.75) is 44.3 Å². The lowest BCUT2D eigenvalue weighted by molar-refractivity contribution is 0.394. The number of hydrazine groups is 1. The van der Waals surface area contributed by atoms with Gasteiger partial charge < -0.3 is 5.01 Å². The zero-order valence-electron chi connectivity index (χ0n) is 10.6. The fourth-order valence-electron chi connectivity index (χ4n) is 2.36. The van der Waals surface area contributed by atoms with Crippen LogP contribution >= 0.6 is 10.9 Å². The van der Waals surface area contributed by atoms with Gasteiger partial charge >= 0.3 is 0 Å². The van der Waals surface area contributed by atoms with Gasteiger partial charge in [0.25, 0.3) is 0 Å². The minimum Gasteiger partial charge on any atom is -0.318 e. The molecule has 1 aliphatic rings. The standard InChI is InChI=1S/C12H26N2S/c1-5-6-10-7-8-11(15(3)4)9-12(10)14(2)13/h11,15H,5-9,13H2,1-4H3. The number of rotatable bonds is 4. The summed E-state index contributed by atoms with van der Waals surface area (Å²) in [6.07, 6.45) is 11.1. The molecule has 0 bridgehead atoms. The first kappa shape index (κ1) is 12.9. The molecule has 2 N–H and O–H groups in total. The van der Waals surface area contributed by atoms with Crippen LogP contribution in [0.2, 0.25) is 0 Å². The van der Waals surface area contributed by atoms with E-state index in [2.05, 4.69) is 19.4 Å². The van der Waals surface area contributed by atoms with Crippen LogP contribution in [0.4, 0.5) is 0 Å². The van der Waals surface area contributed by atoms with E-state index in [1.54, 1.807) is 5.57 Å². The third-order valence-corrected chi connectivity index (χ3v) is 5.23. The Balaban J connectivity index is 2.76. The summed E-state index contributed by atoms with van der Waals surface area (Å²) in [6.45, 7) is 2.25. The molecule has 0 amide bonds. The van der Waals surface area contributed by atoms with Gasteiger partial charge in [-0.2, -0.15) is 0 Å². The SMILES string of the molecule is CCCC1=C(N(C)N)CC([SH](C)C)CC1. The predicted octanol–water partition coefficient (Wildman–Crippen LogP) is 2.66. The Hall–Kier alpha value is -0.150. The van der Waals surface area contributed by atoms with Crippen molar-refractivity contribution in [3.05, 3.63) is 11.3 Å². The fourth-order valence-corrected chi connectivity index (χ4v) is 3.54. The first-order valence-corrected chi connectivity index (χ1v) is 8.22. The predicted molar refractivity (Wildman–Crippen MR) is 72.4 cm³/mol. The molecule has 0 fully saturated rings. The number of nitrogens with two attached hydrogens (primary N) is 1. The monoisotopic (exact) mass is 230 g/mol. The van der Waals surface area contributed by atoms with Crippen LogP contribution in [0, 0.1) is 0 Å². The molecule has 2 nitrogen and oxygen atoms in total. The van der Waals surface area contributed by atoms with Gasteiger partial charge in [-0.15, -0.1) is 0 Å². The van der Waals surface area contributed by atoms with Crippen molar-refractivity contribution in [2.24, 2.45) is 5.84 Å². The number of allylic oxidation sites excluding steroid dienone is 2. The molecule has 0 aromatic carbocycles. The van der Waals surface area contributed by atoms with E-state index in [-0.39, 0.29) is 10.9 Å². The number of nitrogens with zero attached hydrogens (tertiary/aromatic N) is 1. The molecule has 3 heteroatoms. The Morgan fingerprint density at radius 3 is 2.60 bits per heavy atom. The molecule has 1 unspecified atom stereocenters. The molecular formula is C12H26N2S. The first-order valence-electron chi connectivity index (χ1n) is 5.92. The van der Waals surface area contributed by atoms with E-state index in [9.17, 15) is 0 Å². The van der Waals surface area contributed by atoms with Crippen molar-refractivity contribution < 1.29 is 0 Å². The fraction of sp³-hybridized carbons (Fsp3) is 0.833. The van der Waals surface area contributed by atoms with Crippen molar-refractivity contribution in [2.75, 3.05) is 19.6 Å². The summed E-state index contributed by atoms with van der Waals surface area (Å²) < 4.78 is 0. The Labute approximate surface area is 97.2 Å². The maximum absolute atomic E-state index is 5.93. The highest BCUT2D eigenvalue weighted by molar-refractivity contribution is 8.16. The lowest BCUT2D eigenvalue weighted by atomic mass is 9.92. The van der Waals surface area contributed by atoms with Gasteiger partial charge in [0.1, 0.15) is 0 Å². The zero-order valence-corrected chi connectivity index (χ0v) is 11.5. The van der Waals surface area contributed by atoms with E-state index < -0.39 is 0 Å². The highest BCUT2D eigenvalue weighted by atomic mass is 32.2. The molecule has 0 heterocycles. The Kier molecular flexibility index (Phi) is 5.00. The highest BCUT2D eigenvalue weighted by Gasteiger charge is 2.22. The maximum Gasteiger partial charge on any atom is 0.0290 e. The van der Waals surface area contributed by atoms with E-state index in [0.29, 0.717) is 0 Å². The van der Waals surface area contributed by atoms with Gasteiger partial charge in [-0.3, -0.25) is 10.9 Å². The van der Waals surface area contributed by atoms with E-state index in [1.807, 2.05) is 12.1 Å². The summed E-state index contributed by atoms with van der Waals surface area (Å²) in [5, 5.41) is 2.75. The van der Waals surface area contributed by atoms with Crippen molar-refractivity contribution in [1.29, 1.82) is 0 Å². The second kappa shape index (κ2) is 5.80.